The zero-order valence-corrected chi connectivity index (χ0v) is 11.1. The van der Waals surface area contributed by atoms with Gasteiger partial charge in [-0.05, 0) is 27.7 Å². The van der Waals surface area contributed by atoms with Crippen molar-refractivity contribution in [3.63, 3.8) is 0 Å². The first kappa shape index (κ1) is 13.5. The van der Waals surface area contributed by atoms with Crippen LogP contribution in [0.4, 0.5) is 4.79 Å². The molecule has 0 atom stereocenters. The maximum atomic E-state index is 11.2. The molecule has 0 unspecified atom stereocenters. The molecule has 0 spiro atoms. The van der Waals surface area contributed by atoms with E-state index < -0.39 is 0 Å². The van der Waals surface area contributed by atoms with Gasteiger partial charge in [-0.1, -0.05) is 0 Å². The Morgan fingerprint density at radius 2 is 2.18 bits per heavy atom. The summed E-state index contributed by atoms with van der Waals surface area (Å²) in [6.07, 6.45) is 2.63. The highest BCUT2D eigenvalue weighted by atomic mass is 16.2. The zero-order chi connectivity index (χ0) is 12.8. The van der Waals surface area contributed by atoms with Crippen molar-refractivity contribution in [1.82, 2.24) is 20.2 Å². The first-order valence-corrected chi connectivity index (χ1v) is 6.10. The third-order valence-electron chi connectivity index (χ3n) is 2.55. The SMILES string of the molecule is CCNC(=O)NCCc1ncc(C)n1C(C)C. The minimum atomic E-state index is -0.119. The first-order chi connectivity index (χ1) is 8.06. The van der Waals surface area contributed by atoms with E-state index in [1.54, 1.807) is 0 Å². The van der Waals surface area contributed by atoms with Crippen LogP contribution >= 0.6 is 0 Å². The van der Waals surface area contributed by atoms with Crippen LogP contribution in [-0.4, -0.2) is 28.7 Å². The predicted octanol–water partition coefficient (Wildman–Crippen LogP) is 1.63. The Balaban J connectivity index is 2.49. The molecule has 0 radical (unpaired) electrons. The molecule has 5 nitrogen and oxygen atoms in total. The van der Waals surface area contributed by atoms with Gasteiger partial charge in [-0.25, -0.2) is 9.78 Å². The number of nitrogens with zero attached hydrogens (tertiary/aromatic N) is 2. The second kappa shape index (κ2) is 6.27. The van der Waals surface area contributed by atoms with Crippen molar-refractivity contribution in [3.05, 3.63) is 17.7 Å². The van der Waals surface area contributed by atoms with Crippen LogP contribution in [-0.2, 0) is 6.42 Å². The molecule has 1 rings (SSSR count). The van der Waals surface area contributed by atoms with Crippen molar-refractivity contribution in [2.24, 2.45) is 0 Å². The van der Waals surface area contributed by atoms with E-state index >= 15 is 0 Å². The molecule has 17 heavy (non-hydrogen) atoms. The maximum absolute atomic E-state index is 11.2. The van der Waals surface area contributed by atoms with Gasteiger partial charge in [-0.15, -0.1) is 0 Å². The molecule has 1 aromatic rings. The smallest absolute Gasteiger partial charge is 0.314 e. The quantitative estimate of drug-likeness (QED) is 0.819. The van der Waals surface area contributed by atoms with Crippen molar-refractivity contribution in [2.75, 3.05) is 13.1 Å². The van der Waals surface area contributed by atoms with E-state index in [0.717, 1.165) is 17.9 Å². The molecule has 1 heterocycles. The number of carbonyl (C=O) groups is 1. The Labute approximate surface area is 103 Å². The van der Waals surface area contributed by atoms with Gasteiger partial charge < -0.3 is 15.2 Å². The van der Waals surface area contributed by atoms with E-state index in [2.05, 4.69) is 34.0 Å². The average molecular weight is 238 g/mol. The normalized spacial score (nSPS) is 10.6. The fraction of sp³-hybridized carbons (Fsp3) is 0.667. The lowest BCUT2D eigenvalue weighted by molar-refractivity contribution is 0.241. The number of imidazole rings is 1. The zero-order valence-electron chi connectivity index (χ0n) is 11.1. The summed E-state index contributed by atoms with van der Waals surface area (Å²) >= 11 is 0. The number of carbonyl (C=O) groups excluding carboxylic acids is 1. The van der Waals surface area contributed by atoms with Crippen molar-refractivity contribution in [3.8, 4) is 0 Å². The minimum Gasteiger partial charge on any atom is -0.338 e. The van der Waals surface area contributed by atoms with Crippen LogP contribution in [0, 0.1) is 6.92 Å². The Hall–Kier alpha value is -1.52. The molecule has 2 amide bonds. The van der Waals surface area contributed by atoms with Crippen LogP contribution in [0.5, 0.6) is 0 Å². The summed E-state index contributed by atoms with van der Waals surface area (Å²) in [7, 11) is 0. The second-order valence-electron chi connectivity index (χ2n) is 4.32. The molecule has 0 aliphatic rings. The topological polar surface area (TPSA) is 59.0 Å². The van der Waals surface area contributed by atoms with E-state index in [-0.39, 0.29) is 6.03 Å². The van der Waals surface area contributed by atoms with Gasteiger partial charge in [0.15, 0.2) is 0 Å². The summed E-state index contributed by atoms with van der Waals surface area (Å²) in [6, 6.07) is 0.281. The third kappa shape index (κ3) is 3.76. The largest absolute Gasteiger partial charge is 0.338 e. The molecule has 2 N–H and O–H groups in total. The van der Waals surface area contributed by atoms with Crippen molar-refractivity contribution in [2.45, 2.75) is 40.2 Å². The molecular weight excluding hydrogens is 216 g/mol. The number of hydrogen-bond donors (Lipinski definition) is 2. The number of urea groups is 1. The van der Waals surface area contributed by atoms with Gasteiger partial charge in [0, 0.05) is 37.4 Å². The molecule has 0 bridgehead atoms. The van der Waals surface area contributed by atoms with Crippen LogP contribution in [0.25, 0.3) is 0 Å². The van der Waals surface area contributed by atoms with E-state index in [9.17, 15) is 4.79 Å². The summed E-state index contributed by atoms with van der Waals surface area (Å²) in [5, 5.41) is 5.50. The number of hydrogen-bond acceptors (Lipinski definition) is 2. The Kier molecular flexibility index (Phi) is 5.00. The number of aromatic nitrogens is 2. The summed E-state index contributed by atoms with van der Waals surface area (Å²) in [4.78, 5) is 15.6. The highest BCUT2D eigenvalue weighted by molar-refractivity contribution is 5.73. The van der Waals surface area contributed by atoms with Crippen LogP contribution in [0.2, 0.25) is 0 Å². The van der Waals surface area contributed by atoms with Crippen molar-refractivity contribution in [1.29, 1.82) is 0 Å². The standard InChI is InChI=1S/C12H22N4O/c1-5-13-12(17)14-7-6-11-15-8-10(4)16(11)9(2)3/h8-9H,5-7H2,1-4H3,(H2,13,14,17). The van der Waals surface area contributed by atoms with Gasteiger partial charge in [0.25, 0.3) is 0 Å². The van der Waals surface area contributed by atoms with E-state index in [1.807, 2.05) is 20.0 Å². The highest BCUT2D eigenvalue weighted by Gasteiger charge is 2.09. The number of aryl methyl sites for hydroxylation is 1. The van der Waals surface area contributed by atoms with E-state index in [1.165, 1.54) is 0 Å². The first-order valence-electron chi connectivity index (χ1n) is 6.10. The van der Waals surface area contributed by atoms with Gasteiger partial charge in [-0.3, -0.25) is 0 Å². The summed E-state index contributed by atoms with van der Waals surface area (Å²) in [6.45, 7) is 9.47. The lowest BCUT2D eigenvalue weighted by atomic mass is 10.3. The number of nitrogens with one attached hydrogen (secondary N) is 2. The van der Waals surface area contributed by atoms with Gasteiger partial charge in [0.2, 0.25) is 0 Å². The molecule has 0 aliphatic heterocycles. The molecule has 96 valence electrons. The maximum Gasteiger partial charge on any atom is 0.314 e. The second-order valence-corrected chi connectivity index (χ2v) is 4.32. The molecule has 0 fully saturated rings. The highest BCUT2D eigenvalue weighted by Crippen LogP contribution is 2.12. The fourth-order valence-electron chi connectivity index (χ4n) is 1.90. The summed E-state index contributed by atoms with van der Waals surface area (Å²) in [5.74, 6) is 1.02. The minimum absolute atomic E-state index is 0.119. The van der Waals surface area contributed by atoms with Crippen molar-refractivity contribution >= 4 is 6.03 Å². The molecule has 0 saturated carbocycles. The van der Waals surface area contributed by atoms with Crippen LogP contribution in [0.3, 0.4) is 0 Å². The Morgan fingerprint density at radius 1 is 1.47 bits per heavy atom. The van der Waals surface area contributed by atoms with Crippen LogP contribution in [0.1, 0.15) is 38.3 Å². The molecule has 0 aliphatic carbocycles. The molecule has 0 saturated heterocycles. The van der Waals surface area contributed by atoms with E-state index in [4.69, 9.17) is 0 Å². The van der Waals surface area contributed by atoms with Gasteiger partial charge in [0.1, 0.15) is 5.82 Å². The Morgan fingerprint density at radius 3 is 2.76 bits per heavy atom. The van der Waals surface area contributed by atoms with Gasteiger partial charge in [0.05, 0.1) is 0 Å². The third-order valence-corrected chi connectivity index (χ3v) is 2.55. The number of rotatable bonds is 5. The average Bonchev–Trinajstić information content (AvgIpc) is 2.60. The number of amides is 2. The van der Waals surface area contributed by atoms with Crippen LogP contribution in [0.15, 0.2) is 6.20 Å². The predicted molar refractivity (Wildman–Crippen MR) is 68.1 cm³/mol. The Bertz CT molecular complexity index is 371. The fourth-order valence-corrected chi connectivity index (χ4v) is 1.90. The monoisotopic (exact) mass is 238 g/mol. The van der Waals surface area contributed by atoms with Gasteiger partial charge >= 0.3 is 6.03 Å². The summed E-state index contributed by atoms with van der Waals surface area (Å²) in [5.41, 5.74) is 1.16. The molecule has 0 aromatic carbocycles. The molecular formula is C12H22N4O. The van der Waals surface area contributed by atoms with Gasteiger partial charge in [-0.2, -0.15) is 0 Å². The lowest BCUT2D eigenvalue weighted by Gasteiger charge is -2.14. The van der Waals surface area contributed by atoms with E-state index in [0.29, 0.717) is 19.1 Å². The lowest BCUT2D eigenvalue weighted by Crippen LogP contribution is -2.36. The molecule has 1 aromatic heterocycles. The molecule has 5 heteroatoms. The van der Waals surface area contributed by atoms with Crippen LogP contribution < -0.4 is 10.6 Å². The summed E-state index contributed by atoms with van der Waals surface area (Å²) < 4.78 is 2.19. The van der Waals surface area contributed by atoms with Crippen molar-refractivity contribution < 1.29 is 4.79 Å².